The molecule has 0 bridgehead atoms. The van der Waals surface area contributed by atoms with Gasteiger partial charge in [-0.3, -0.25) is 9.59 Å². The Morgan fingerprint density at radius 3 is 2.48 bits per heavy atom. The van der Waals surface area contributed by atoms with Gasteiger partial charge in [-0.25, -0.2) is 0 Å². The van der Waals surface area contributed by atoms with Crippen molar-refractivity contribution in [1.82, 2.24) is 0 Å². The van der Waals surface area contributed by atoms with Crippen molar-refractivity contribution >= 4 is 29.2 Å². The van der Waals surface area contributed by atoms with Crippen LogP contribution >= 0.6 is 11.6 Å². The summed E-state index contributed by atoms with van der Waals surface area (Å²) >= 11 is 5.92. The van der Waals surface area contributed by atoms with Crippen molar-refractivity contribution in [3.63, 3.8) is 0 Å². The lowest BCUT2D eigenvalue weighted by Gasteiger charge is -2.10. The highest BCUT2D eigenvalue weighted by Crippen LogP contribution is 2.24. The molecule has 0 unspecified atom stereocenters. The first kappa shape index (κ1) is 16.8. The van der Waals surface area contributed by atoms with E-state index in [1.54, 1.807) is 36.4 Å². The highest BCUT2D eigenvalue weighted by atomic mass is 35.5. The van der Waals surface area contributed by atoms with Gasteiger partial charge in [0.1, 0.15) is 5.75 Å². The predicted molar refractivity (Wildman–Crippen MR) is 88.4 cm³/mol. The van der Waals surface area contributed by atoms with E-state index in [1.165, 1.54) is 13.2 Å². The molecular formula is C17H16ClNO4. The van der Waals surface area contributed by atoms with E-state index >= 15 is 0 Å². The highest BCUT2D eigenvalue weighted by Gasteiger charge is 2.13. The van der Waals surface area contributed by atoms with Gasteiger partial charge in [0.05, 0.1) is 12.7 Å². The largest absolute Gasteiger partial charge is 0.496 e. The Kier molecular flexibility index (Phi) is 5.60. The molecule has 2 rings (SSSR count). The van der Waals surface area contributed by atoms with Crippen molar-refractivity contribution in [2.75, 3.05) is 12.4 Å². The zero-order chi connectivity index (χ0) is 16.8. The molecule has 0 fully saturated rings. The van der Waals surface area contributed by atoms with Gasteiger partial charge < -0.3 is 15.2 Å². The third-order valence-electron chi connectivity index (χ3n) is 3.25. The van der Waals surface area contributed by atoms with Crippen LogP contribution in [0.2, 0.25) is 5.02 Å². The zero-order valence-corrected chi connectivity index (χ0v) is 13.3. The van der Waals surface area contributed by atoms with Crippen LogP contribution < -0.4 is 10.1 Å². The molecule has 2 aromatic carbocycles. The maximum absolute atomic E-state index is 12.3. The number of hydrogen-bond acceptors (Lipinski definition) is 3. The first-order chi connectivity index (χ1) is 11.0. The van der Waals surface area contributed by atoms with E-state index < -0.39 is 5.97 Å². The Labute approximate surface area is 138 Å². The molecule has 0 radical (unpaired) electrons. The van der Waals surface area contributed by atoms with Crippen molar-refractivity contribution in [3.8, 4) is 5.75 Å². The molecule has 0 atom stereocenters. The molecule has 0 aromatic heterocycles. The Morgan fingerprint density at radius 1 is 1.17 bits per heavy atom. The maximum atomic E-state index is 12.3. The molecule has 6 heteroatoms. The minimum Gasteiger partial charge on any atom is -0.496 e. The molecule has 2 N–H and O–H groups in total. The fraction of sp³-hybridized carbons (Fsp3) is 0.176. The van der Waals surface area contributed by atoms with E-state index in [4.69, 9.17) is 21.4 Å². The molecule has 0 aliphatic carbocycles. The lowest BCUT2D eigenvalue weighted by atomic mass is 10.1. The highest BCUT2D eigenvalue weighted by molar-refractivity contribution is 6.31. The number of anilines is 1. The van der Waals surface area contributed by atoms with Crippen LogP contribution in [0.4, 0.5) is 5.69 Å². The lowest BCUT2D eigenvalue weighted by Crippen LogP contribution is -2.13. The smallest absolute Gasteiger partial charge is 0.303 e. The fourth-order valence-corrected chi connectivity index (χ4v) is 2.23. The number of carboxylic acid groups (broad SMARTS) is 1. The molecular weight excluding hydrogens is 318 g/mol. The normalized spacial score (nSPS) is 10.2. The van der Waals surface area contributed by atoms with Gasteiger partial charge in [-0.2, -0.15) is 0 Å². The molecule has 23 heavy (non-hydrogen) atoms. The number of hydrogen-bond donors (Lipinski definition) is 2. The van der Waals surface area contributed by atoms with Crippen LogP contribution in [0.1, 0.15) is 22.3 Å². The molecule has 1 amide bonds. The number of aryl methyl sites for hydroxylation is 1. The number of ether oxygens (including phenoxy) is 1. The van der Waals surface area contributed by atoms with Gasteiger partial charge in [0, 0.05) is 17.1 Å². The van der Waals surface area contributed by atoms with E-state index in [1.807, 2.05) is 0 Å². The topological polar surface area (TPSA) is 75.6 Å². The van der Waals surface area contributed by atoms with Gasteiger partial charge in [0.15, 0.2) is 0 Å². The first-order valence-corrected chi connectivity index (χ1v) is 7.33. The number of benzene rings is 2. The monoisotopic (exact) mass is 333 g/mol. The first-order valence-electron chi connectivity index (χ1n) is 6.95. The minimum atomic E-state index is -0.838. The van der Waals surface area contributed by atoms with Gasteiger partial charge >= 0.3 is 5.97 Å². The maximum Gasteiger partial charge on any atom is 0.303 e. The Bertz CT molecular complexity index is 713. The molecule has 2 aromatic rings. The molecule has 120 valence electrons. The van der Waals surface area contributed by atoms with E-state index in [2.05, 4.69) is 5.32 Å². The summed E-state index contributed by atoms with van der Waals surface area (Å²) in [7, 11) is 1.48. The number of nitrogens with one attached hydrogen (secondary N) is 1. The molecule has 0 spiro atoms. The van der Waals surface area contributed by atoms with Crippen LogP contribution in [0.15, 0.2) is 42.5 Å². The number of aliphatic carboxylic acids is 1. The fourth-order valence-electron chi connectivity index (χ4n) is 2.06. The summed E-state index contributed by atoms with van der Waals surface area (Å²) in [6.45, 7) is 0. The number of methoxy groups -OCH3 is 1. The number of amides is 1. The second kappa shape index (κ2) is 7.65. The number of carbonyl (C=O) groups is 2. The summed E-state index contributed by atoms with van der Waals surface area (Å²) in [6, 6.07) is 11.8. The standard InChI is InChI=1S/C17H16ClNO4/c1-23-15-8-5-12(18)10-14(15)17(22)19-13-6-2-11(3-7-13)4-9-16(20)21/h2-3,5-8,10H,4,9H2,1H3,(H,19,22)(H,20,21). The zero-order valence-electron chi connectivity index (χ0n) is 12.5. The molecule has 0 saturated heterocycles. The van der Waals surface area contributed by atoms with Crippen molar-refractivity contribution < 1.29 is 19.4 Å². The summed E-state index contributed by atoms with van der Waals surface area (Å²) in [4.78, 5) is 22.9. The second-order valence-corrected chi connectivity index (χ2v) is 5.33. The van der Waals surface area contributed by atoms with Gasteiger partial charge in [-0.1, -0.05) is 23.7 Å². The average Bonchev–Trinajstić information content (AvgIpc) is 2.54. The summed E-state index contributed by atoms with van der Waals surface area (Å²) in [5.74, 6) is -0.733. The molecule has 0 aliphatic rings. The molecule has 0 aliphatic heterocycles. The predicted octanol–water partition coefficient (Wildman–Crippen LogP) is 3.62. The molecule has 0 saturated carbocycles. The van der Waals surface area contributed by atoms with E-state index in [0.717, 1.165) is 5.56 Å². The number of halogens is 1. The van der Waals surface area contributed by atoms with Crippen molar-refractivity contribution in [2.45, 2.75) is 12.8 Å². The Morgan fingerprint density at radius 2 is 1.87 bits per heavy atom. The van der Waals surface area contributed by atoms with Gasteiger partial charge in [0.2, 0.25) is 0 Å². The van der Waals surface area contributed by atoms with E-state index in [9.17, 15) is 9.59 Å². The Balaban J connectivity index is 2.08. The third kappa shape index (κ3) is 4.72. The quantitative estimate of drug-likeness (QED) is 0.846. The van der Waals surface area contributed by atoms with Crippen molar-refractivity contribution in [3.05, 3.63) is 58.6 Å². The van der Waals surface area contributed by atoms with E-state index in [-0.39, 0.29) is 12.3 Å². The van der Waals surface area contributed by atoms with Crippen LogP contribution in [-0.4, -0.2) is 24.1 Å². The molecule has 0 heterocycles. The van der Waals surface area contributed by atoms with Crippen LogP contribution in [0.3, 0.4) is 0 Å². The summed E-state index contributed by atoms with van der Waals surface area (Å²) < 4.78 is 5.16. The van der Waals surface area contributed by atoms with Crippen LogP contribution in [0, 0.1) is 0 Å². The van der Waals surface area contributed by atoms with Crippen molar-refractivity contribution in [1.29, 1.82) is 0 Å². The van der Waals surface area contributed by atoms with Gasteiger partial charge in [-0.05, 0) is 42.3 Å². The van der Waals surface area contributed by atoms with E-state index in [0.29, 0.717) is 28.4 Å². The lowest BCUT2D eigenvalue weighted by molar-refractivity contribution is -0.136. The van der Waals surface area contributed by atoms with Crippen LogP contribution in [0.25, 0.3) is 0 Å². The van der Waals surface area contributed by atoms with Gasteiger partial charge in [-0.15, -0.1) is 0 Å². The molecule has 5 nitrogen and oxygen atoms in total. The second-order valence-electron chi connectivity index (χ2n) is 4.89. The van der Waals surface area contributed by atoms with Crippen LogP contribution in [0.5, 0.6) is 5.75 Å². The number of rotatable bonds is 6. The Hall–Kier alpha value is -2.53. The van der Waals surface area contributed by atoms with Gasteiger partial charge in [0.25, 0.3) is 5.91 Å². The average molecular weight is 334 g/mol. The van der Waals surface area contributed by atoms with Crippen molar-refractivity contribution in [2.24, 2.45) is 0 Å². The summed E-state index contributed by atoms with van der Waals surface area (Å²) in [6.07, 6.45) is 0.525. The number of carboxylic acids is 1. The summed E-state index contributed by atoms with van der Waals surface area (Å²) in [5.41, 5.74) is 1.84. The minimum absolute atomic E-state index is 0.0748. The third-order valence-corrected chi connectivity index (χ3v) is 3.48. The van der Waals surface area contributed by atoms with Crippen LogP contribution in [-0.2, 0) is 11.2 Å². The summed E-state index contributed by atoms with van der Waals surface area (Å²) in [5, 5.41) is 11.9. The SMILES string of the molecule is COc1ccc(Cl)cc1C(=O)Nc1ccc(CCC(=O)O)cc1. The number of carbonyl (C=O) groups excluding carboxylic acids is 1.